The summed E-state index contributed by atoms with van der Waals surface area (Å²) in [6, 6.07) is 10.4. The summed E-state index contributed by atoms with van der Waals surface area (Å²) in [7, 11) is 0. The molecule has 0 heterocycles. The van der Waals surface area contributed by atoms with Gasteiger partial charge < -0.3 is 11.1 Å². The fourth-order valence-electron chi connectivity index (χ4n) is 3.93. The van der Waals surface area contributed by atoms with Crippen molar-refractivity contribution >= 4 is 18.3 Å². The Morgan fingerprint density at radius 2 is 1.76 bits per heavy atom. The molecule has 1 amide bonds. The third-order valence-corrected chi connectivity index (χ3v) is 5.09. The average molecular weight is 309 g/mol. The first-order valence-corrected chi connectivity index (χ1v) is 7.81. The zero-order chi connectivity index (χ0) is 13.9. The zero-order valence-corrected chi connectivity index (χ0v) is 13.1. The highest BCUT2D eigenvalue weighted by atomic mass is 35.5. The van der Waals surface area contributed by atoms with Crippen LogP contribution >= 0.6 is 12.4 Å². The molecule has 4 heteroatoms. The Bertz CT molecular complexity index is 451. The standard InChI is InChI=1S/C17H24N2O.ClH/c18-16-13-7-4-8-14(16)10-15(9-13)17(20)19-11-12-5-2-1-3-6-12;/h1-3,5-6,13-16H,4,7-11,18H2,(H,19,20);1H. The number of hydrogen-bond donors (Lipinski definition) is 2. The summed E-state index contributed by atoms with van der Waals surface area (Å²) >= 11 is 0. The SMILES string of the molecule is Cl.NC1C2CCCC1CC(C(=O)NCc1ccccc1)C2. The van der Waals surface area contributed by atoms with Gasteiger partial charge in [0.2, 0.25) is 5.91 Å². The Morgan fingerprint density at radius 1 is 1.14 bits per heavy atom. The molecule has 0 aliphatic heterocycles. The van der Waals surface area contributed by atoms with E-state index in [9.17, 15) is 4.79 Å². The van der Waals surface area contributed by atoms with Gasteiger partial charge in [0.1, 0.15) is 0 Å². The summed E-state index contributed by atoms with van der Waals surface area (Å²) in [6.07, 6.45) is 5.68. The van der Waals surface area contributed by atoms with E-state index in [-0.39, 0.29) is 24.2 Å². The molecule has 1 aromatic carbocycles. The first kappa shape index (κ1) is 16.3. The van der Waals surface area contributed by atoms with Crippen molar-refractivity contribution in [1.29, 1.82) is 0 Å². The van der Waals surface area contributed by atoms with Crippen LogP contribution in [0.5, 0.6) is 0 Å². The van der Waals surface area contributed by atoms with Crippen LogP contribution in [0.15, 0.2) is 30.3 Å². The van der Waals surface area contributed by atoms with E-state index in [1.807, 2.05) is 30.3 Å². The summed E-state index contributed by atoms with van der Waals surface area (Å²) in [4.78, 5) is 12.4. The first-order valence-electron chi connectivity index (χ1n) is 7.81. The largest absolute Gasteiger partial charge is 0.352 e. The van der Waals surface area contributed by atoms with Gasteiger partial charge in [-0.05, 0) is 43.1 Å². The summed E-state index contributed by atoms with van der Waals surface area (Å²) in [5.41, 5.74) is 7.44. The van der Waals surface area contributed by atoms with E-state index in [4.69, 9.17) is 5.73 Å². The van der Waals surface area contributed by atoms with Gasteiger partial charge in [-0.1, -0.05) is 36.8 Å². The summed E-state index contributed by atoms with van der Waals surface area (Å²) in [5.74, 6) is 1.52. The Morgan fingerprint density at radius 3 is 2.38 bits per heavy atom. The molecule has 3 N–H and O–H groups in total. The van der Waals surface area contributed by atoms with E-state index in [2.05, 4.69) is 5.32 Å². The van der Waals surface area contributed by atoms with E-state index in [0.717, 1.165) is 18.4 Å². The van der Waals surface area contributed by atoms with Crippen LogP contribution in [-0.4, -0.2) is 11.9 Å². The number of nitrogens with one attached hydrogen (secondary N) is 1. The van der Waals surface area contributed by atoms with Crippen molar-refractivity contribution in [3.8, 4) is 0 Å². The molecule has 2 bridgehead atoms. The fourth-order valence-corrected chi connectivity index (χ4v) is 3.93. The highest BCUT2D eigenvalue weighted by Crippen LogP contribution is 2.41. The molecule has 2 atom stereocenters. The minimum Gasteiger partial charge on any atom is -0.352 e. The number of hydrogen-bond acceptors (Lipinski definition) is 2. The molecule has 21 heavy (non-hydrogen) atoms. The molecule has 2 unspecified atom stereocenters. The second-order valence-electron chi connectivity index (χ2n) is 6.40. The molecule has 3 nitrogen and oxygen atoms in total. The van der Waals surface area contributed by atoms with E-state index >= 15 is 0 Å². The van der Waals surface area contributed by atoms with Crippen molar-refractivity contribution in [2.75, 3.05) is 0 Å². The van der Waals surface area contributed by atoms with Crippen molar-refractivity contribution in [2.45, 2.75) is 44.7 Å². The lowest BCUT2D eigenvalue weighted by molar-refractivity contribution is -0.128. The molecule has 0 spiro atoms. The molecule has 3 rings (SSSR count). The van der Waals surface area contributed by atoms with Crippen LogP contribution in [0.2, 0.25) is 0 Å². The smallest absolute Gasteiger partial charge is 0.223 e. The second-order valence-corrected chi connectivity index (χ2v) is 6.40. The van der Waals surface area contributed by atoms with Gasteiger partial charge in [-0.3, -0.25) is 4.79 Å². The topological polar surface area (TPSA) is 55.1 Å². The maximum atomic E-state index is 12.4. The van der Waals surface area contributed by atoms with Crippen LogP contribution in [0.4, 0.5) is 0 Å². The third-order valence-electron chi connectivity index (χ3n) is 5.09. The number of benzene rings is 1. The van der Waals surface area contributed by atoms with E-state index in [1.165, 1.54) is 19.3 Å². The van der Waals surface area contributed by atoms with Gasteiger partial charge in [-0.25, -0.2) is 0 Å². The third kappa shape index (κ3) is 3.78. The van der Waals surface area contributed by atoms with Gasteiger partial charge in [0.25, 0.3) is 0 Å². The highest BCUT2D eigenvalue weighted by Gasteiger charge is 2.40. The maximum Gasteiger partial charge on any atom is 0.223 e. The van der Waals surface area contributed by atoms with Gasteiger partial charge in [-0.2, -0.15) is 0 Å². The molecular weight excluding hydrogens is 284 g/mol. The van der Waals surface area contributed by atoms with Gasteiger partial charge in [-0.15, -0.1) is 12.4 Å². The Balaban J connectivity index is 0.00000161. The minimum absolute atomic E-state index is 0. The van der Waals surface area contributed by atoms with Crippen LogP contribution in [-0.2, 0) is 11.3 Å². The van der Waals surface area contributed by atoms with Crippen molar-refractivity contribution < 1.29 is 4.79 Å². The van der Waals surface area contributed by atoms with Crippen molar-refractivity contribution in [3.05, 3.63) is 35.9 Å². The molecule has 2 fully saturated rings. The molecule has 1 aromatic rings. The maximum absolute atomic E-state index is 12.4. The predicted molar refractivity (Wildman–Crippen MR) is 87.1 cm³/mol. The Kier molecular flexibility index (Phi) is 5.65. The number of carbonyl (C=O) groups is 1. The molecule has 2 saturated carbocycles. The molecule has 0 radical (unpaired) electrons. The second kappa shape index (κ2) is 7.28. The van der Waals surface area contributed by atoms with Crippen molar-refractivity contribution in [3.63, 3.8) is 0 Å². The zero-order valence-electron chi connectivity index (χ0n) is 12.3. The molecule has 116 valence electrons. The summed E-state index contributed by atoms with van der Waals surface area (Å²) in [5, 5.41) is 3.09. The van der Waals surface area contributed by atoms with Gasteiger partial charge in [0.15, 0.2) is 0 Å². The van der Waals surface area contributed by atoms with Crippen LogP contribution in [0, 0.1) is 17.8 Å². The average Bonchev–Trinajstić information content (AvgIpc) is 2.45. The van der Waals surface area contributed by atoms with Gasteiger partial charge >= 0.3 is 0 Å². The quantitative estimate of drug-likeness (QED) is 0.902. The van der Waals surface area contributed by atoms with Crippen molar-refractivity contribution in [2.24, 2.45) is 23.5 Å². The number of nitrogens with two attached hydrogens (primary N) is 1. The summed E-state index contributed by atoms with van der Waals surface area (Å²) in [6.45, 7) is 0.636. The Hall–Kier alpha value is -1.06. The lowest BCUT2D eigenvalue weighted by atomic mass is 9.65. The molecule has 2 aliphatic carbocycles. The number of halogens is 1. The lowest BCUT2D eigenvalue weighted by Gasteiger charge is -2.43. The van der Waals surface area contributed by atoms with Crippen LogP contribution < -0.4 is 11.1 Å². The Labute approximate surface area is 133 Å². The minimum atomic E-state index is 0. The molecule has 0 saturated heterocycles. The monoisotopic (exact) mass is 308 g/mol. The van der Waals surface area contributed by atoms with E-state index < -0.39 is 0 Å². The predicted octanol–water partition coefficient (Wildman–Crippen LogP) is 2.88. The van der Waals surface area contributed by atoms with Crippen LogP contribution in [0.1, 0.15) is 37.7 Å². The van der Waals surface area contributed by atoms with Gasteiger partial charge in [0.05, 0.1) is 0 Å². The fraction of sp³-hybridized carbons (Fsp3) is 0.588. The molecule has 0 aromatic heterocycles. The van der Waals surface area contributed by atoms with Crippen LogP contribution in [0.25, 0.3) is 0 Å². The number of fused-ring (bicyclic) bond motifs is 2. The molecule has 2 aliphatic rings. The number of rotatable bonds is 3. The van der Waals surface area contributed by atoms with Crippen molar-refractivity contribution in [1.82, 2.24) is 5.32 Å². The van der Waals surface area contributed by atoms with E-state index in [0.29, 0.717) is 24.4 Å². The number of carbonyl (C=O) groups excluding carboxylic acids is 1. The molecular formula is C17H25ClN2O. The number of amides is 1. The highest BCUT2D eigenvalue weighted by molar-refractivity contribution is 5.85. The normalized spacial score (nSPS) is 31.1. The first-order chi connectivity index (χ1) is 9.74. The summed E-state index contributed by atoms with van der Waals surface area (Å²) < 4.78 is 0. The van der Waals surface area contributed by atoms with E-state index in [1.54, 1.807) is 0 Å². The van der Waals surface area contributed by atoms with Gasteiger partial charge in [0, 0.05) is 18.5 Å². The van der Waals surface area contributed by atoms with Crippen LogP contribution in [0.3, 0.4) is 0 Å². The lowest BCUT2D eigenvalue weighted by Crippen LogP contribution is -2.49.